The van der Waals surface area contributed by atoms with E-state index >= 15 is 0 Å². The number of carbonyl (C=O) groups excluding carboxylic acids is 1. The van der Waals surface area contributed by atoms with Crippen LogP contribution < -0.4 is 0 Å². The van der Waals surface area contributed by atoms with Crippen LogP contribution >= 0.6 is 0 Å². The third-order valence-corrected chi connectivity index (χ3v) is 4.84. The van der Waals surface area contributed by atoms with Gasteiger partial charge < -0.3 is 14.7 Å². The molecular formula is C21H43NO3. The minimum atomic E-state index is -0.958. The van der Waals surface area contributed by atoms with Crippen molar-refractivity contribution in [3.63, 3.8) is 0 Å². The third kappa shape index (κ3) is 16.6. The fourth-order valence-electron chi connectivity index (χ4n) is 3.04. The van der Waals surface area contributed by atoms with Crippen LogP contribution in [0.1, 0.15) is 104 Å². The first-order valence-electron chi connectivity index (χ1n) is 10.7. The summed E-state index contributed by atoms with van der Waals surface area (Å²) >= 11 is 0. The fourth-order valence-corrected chi connectivity index (χ4v) is 3.04. The average molecular weight is 358 g/mol. The standard InChI is InChI=1S/C21H43NO3/c1-4-7-8-9-10-11-12-13-14-15-16-17-20(23)25-21(24)18-19-22(5-2)6-3/h21,24H,4-19H2,1-3H3. The zero-order valence-corrected chi connectivity index (χ0v) is 17.1. The summed E-state index contributed by atoms with van der Waals surface area (Å²) in [6.07, 6.45) is 13.9. The van der Waals surface area contributed by atoms with E-state index in [-0.39, 0.29) is 5.97 Å². The Kier molecular flexibility index (Phi) is 17.7. The summed E-state index contributed by atoms with van der Waals surface area (Å²) in [5.74, 6) is -0.261. The Labute approximate surface area is 156 Å². The largest absolute Gasteiger partial charge is 0.436 e. The maximum atomic E-state index is 11.7. The van der Waals surface area contributed by atoms with E-state index < -0.39 is 6.29 Å². The third-order valence-electron chi connectivity index (χ3n) is 4.84. The Morgan fingerprint density at radius 3 is 1.80 bits per heavy atom. The second kappa shape index (κ2) is 18.2. The number of unbranched alkanes of at least 4 members (excludes halogenated alkanes) is 10. The van der Waals surface area contributed by atoms with E-state index in [2.05, 4.69) is 25.7 Å². The van der Waals surface area contributed by atoms with E-state index in [1.54, 1.807) is 0 Å². The Balaban J connectivity index is 3.40. The van der Waals surface area contributed by atoms with Crippen LogP contribution in [0.5, 0.6) is 0 Å². The maximum Gasteiger partial charge on any atom is 0.308 e. The molecule has 1 unspecified atom stereocenters. The lowest BCUT2D eigenvalue weighted by Gasteiger charge is -2.20. The van der Waals surface area contributed by atoms with Gasteiger partial charge in [0.15, 0.2) is 0 Å². The molecule has 0 amide bonds. The molecule has 0 saturated heterocycles. The van der Waals surface area contributed by atoms with Gasteiger partial charge in [0.2, 0.25) is 6.29 Å². The number of esters is 1. The average Bonchev–Trinajstić information content (AvgIpc) is 2.60. The van der Waals surface area contributed by atoms with E-state index in [0.29, 0.717) is 12.8 Å². The SMILES string of the molecule is CCCCCCCCCCCCCC(=O)OC(O)CCN(CC)CC. The minimum absolute atomic E-state index is 0.261. The van der Waals surface area contributed by atoms with Crippen LogP contribution in [0.25, 0.3) is 0 Å². The van der Waals surface area contributed by atoms with Crippen molar-refractivity contribution in [3.05, 3.63) is 0 Å². The summed E-state index contributed by atoms with van der Waals surface area (Å²) in [5.41, 5.74) is 0. The number of ether oxygens (including phenoxy) is 1. The topological polar surface area (TPSA) is 49.8 Å². The van der Waals surface area contributed by atoms with E-state index in [1.807, 2.05) is 0 Å². The quantitative estimate of drug-likeness (QED) is 0.206. The summed E-state index contributed by atoms with van der Waals surface area (Å²) in [6, 6.07) is 0. The second-order valence-corrected chi connectivity index (χ2v) is 7.05. The fraction of sp³-hybridized carbons (Fsp3) is 0.952. The van der Waals surface area contributed by atoms with Crippen LogP contribution in [0.4, 0.5) is 0 Å². The molecule has 1 atom stereocenters. The minimum Gasteiger partial charge on any atom is -0.436 e. The molecule has 0 rings (SSSR count). The van der Waals surface area contributed by atoms with Gasteiger partial charge in [-0.05, 0) is 19.5 Å². The Bertz CT molecular complexity index is 293. The van der Waals surface area contributed by atoms with Crippen molar-refractivity contribution in [2.45, 2.75) is 111 Å². The van der Waals surface area contributed by atoms with Gasteiger partial charge in [-0.1, -0.05) is 85.0 Å². The van der Waals surface area contributed by atoms with Gasteiger partial charge in [0, 0.05) is 19.4 Å². The molecule has 4 heteroatoms. The van der Waals surface area contributed by atoms with Crippen LogP contribution in [0, 0.1) is 0 Å². The number of rotatable bonds is 18. The first kappa shape index (κ1) is 24.4. The summed E-state index contributed by atoms with van der Waals surface area (Å²) in [7, 11) is 0. The highest BCUT2D eigenvalue weighted by Gasteiger charge is 2.12. The van der Waals surface area contributed by atoms with Crippen molar-refractivity contribution in [1.29, 1.82) is 0 Å². The highest BCUT2D eigenvalue weighted by Crippen LogP contribution is 2.12. The molecule has 0 aliphatic carbocycles. The summed E-state index contributed by atoms with van der Waals surface area (Å²) in [6.45, 7) is 9.11. The van der Waals surface area contributed by atoms with Crippen LogP contribution in [-0.4, -0.2) is 41.9 Å². The molecule has 0 fully saturated rings. The van der Waals surface area contributed by atoms with Crippen molar-refractivity contribution in [1.82, 2.24) is 4.90 Å². The molecule has 0 saturated carbocycles. The molecule has 4 nitrogen and oxygen atoms in total. The number of hydrogen-bond donors (Lipinski definition) is 1. The van der Waals surface area contributed by atoms with Crippen molar-refractivity contribution in [2.24, 2.45) is 0 Å². The molecule has 0 aromatic rings. The molecule has 0 aliphatic heterocycles. The smallest absolute Gasteiger partial charge is 0.308 e. The van der Waals surface area contributed by atoms with Gasteiger partial charge in [-0.3, -0.25) is 4.79 Å². The lowest BCUT2D eigenvalue weighted by Crippen LogP contribution is -2.28. The Morgan fingerprint density at radius 1 is 0.840 bits per heavy atom. The van der Waals surface area contributed by atoms with Crippen molar-refractivity contribution in [3.8, 4) is 0 Å². The molecule has 0 aromatic carbocycles. The first-order chi connectivity index (χ1) is 12.1. The highest BCUT2D eigenvalue weighted by atomic mass is 16.6. The van der Waals surface area contributed by atoms with Gasteiger partial charge in [-0.25, -0.2) is 0 Å². The number of carbonyl (C=O) groups is 1. The van der Waals surface area contributed by atoms with Gasteiger partial charge in [0.25, 0.3) is 0 Å². The molecule has 0 heterocycles. The lowest BCUT2D eigenvalue weighted by atomic mass is 10.1. The summed E-state index contributed by atoms with van der Waals surface area (Å²) < 4.78 is 5.07. The van der Waals surface area contributed by atoms with Gasteiger partial charge in [0.1, 0.15) is 0 Å². The molecule has 1 N–H and O–H groups in total. The van der Waals surface area contributed by atoms with Crippen LogP contribution in [-0.2, 0) is 9.53 Å². The summed E-state index contributed by atoms with van der Waals surface area (Å²) in [5, 5.41) is 9.77. The van der Waals surface area contributed by atoms with Crippen LogP contribution in [0.15, 0.2) is 0 Å². The number of nitrogens with zero attached hydrogens (tertiary/aromatic N) is 1. The number of aliphatic hydroxyl groups is 1. The van der Waals surface area contributed by atoms with E-state index in [1.165, 1.54) is 57.8 Å². The van der Waals surface area contributed by atoms with E-state index in [4.69, 9.17) is 4.74 Å². The normalized spacial score (nSPS) is 12.5. The van der Waals surface area contributed by atoms with Gasteiger partial charge in [0.05, 0.1) is 0 Å². The summed E-state index contributed by atoms with van der Waals surface area (Å²) in [4.78, 5) is 13.9. The van der Waals surface area contributed by atoms with Crippen molar-refractivity contribution in [2.75, 3.05) is 19.6 Å². The molecule has 0 spiro atoms. The number of aliphatic hydroxyl groups excluding tert-OH is 1. The first-order valence-corrected chi connectivity index (χ1v) is 10.7. The maximum absolute atomic E-state index is 11.7. The Hall–Kier alpha value is -0.610. The Morgan fingerprint density at radius 2 is 1.32 bits per heavy atom. The molecule has 0 bridgehead atoms. The molecule has 0 aromatic heterocycles. The molecular weight excluding hydrogens is 314 g/mol. The number of hydrogen-bond acceptors (Lipinski definition) is 4. The molecule has 150 valence electrons. The van der Waals surface area contributed by atoms with E-state index in [0.717, 1.165) is 32.5 Å². The molecule has 0 aliphatic rings. The zero-order valence-electron chi connectivity index (χ0n) is 17.1. The van der Waals surface area contributed by atoms with E-state index in [9.17, 15) is 9.90 Å². The van der Waals surface area contributed by atoms with Crippen molar-refractivity contribution >= 4 is 5.97 Å². The van der Waals surface area contributed by atoms with Crippen molar-refractivity contribution < 1.29 is 14.6 Å². The highest BCUT2D eigenvalue weighted by molar-refractivity contribution is 5.69. The zero-order chi connectivity index (χ0) is 18.8. The van der Waals surface area contributed by atoms with Gasteiger partial charge >= 0.3 is 5.97 Å². The second-order valence-electron chi connectivity index (χ2n) is 7.05. The van der Waals surface area contributed by atoms with Gasteiger partial charge in [-0.15, -0.1) is 0 Å². The monoisotopic (exact) mass is 357 g/mol. The molecule has 0 radical (unpaired) electrons. The predicted molar refractivity (Wildman–Crippen MR) is 106 cm³/mol. The van der Waals surface area contributed by atoms with Crippen LogP contribution in [0.2, 0.25) is 0 Å². The van der Waals surface area contributed by atoms with Crippen LogP contribution in [0.3, 0.4) is 0 Å². The molecule has 25 heavy (non-hydrogen) atoms. The lowest BCUT2D eigenvalue weighted by molar-refractivity contribution is -0.169. The van der Waals surface area contributed by atoms with Gasteiger partial charge in [-0.2, -0.15) is 0 Å². The predicted octanol–water partition coefficient (Wildman–Crippen LogP) is 5.28.